The highest BCUT2D eigenvalue weighted by molar-refractivity contribution is 7.99. The highest BCUT2D eigenvalue weighted by Gasteiger charge is 2.15. The van der Waals surface area contributed by atoms with Gasteiger partial charge in [-0.15, -0.1) is 5.10 Å². The summed E-state index contributed by atoms with van der Waals surface area (Å²) in [5.74, 6) is 0.306. The van der Waals surface area contributed by atoms with Gasteiger partial charge in [0.25, 0.3) is 0 Å². The van der Waals surface area contributed by atoms with Gasteiger partial charge in [0.1, 0.15) is 17.3 Å². The molecule has 8 nitrogen and oxygen atoms in total. The lowest BCUT2D eigenvalue weighted by molar-refractivity contribution is -0.122. The molecule has 0 fully saturated rings. The first-order chi connectivity index (χ1) is 14.0. The summed E-state index contributed by atoms with van der Waals surface area (Å²) in [4.78, 5) is 30.3. The number of hydrogen-bond donors (Lipinski definition) is 1. The van der Waals surface area contributed by atoms with Crippen molar-refractivity contribution in [2.75, 3.05) is 0 Å². The average molecular weight is 409 g/mol. The summed E-state index contributed by atoms with van der Waals surface area (Å²) in [6, 6.07) is 9.66. The number of aryl methyl sites for hydroxylation is 2. The van der Waals surface area contributed by atoms with Gasteiger partial charge in [0.15, 0.2) is 5.65 Å². The molecule has 0 atom stereocenters. The molecule has 4 rings (SSSR count). The Morgan fingerprint density at radius 1 is 1.28 bits per heavy atom. The van der Waals surface area contributed by atoms with Crippen LogP contribution in [0.25, 0.3) is 5.65 Å². The largest absolute Gasteiger partial charge is 0.467 e. The minimum absolute atomic E-state index is 0.186. The molecule has 0 bridgehead atoms. The first-order valence-electron chi connectivity index (χ1n) is 8.99. The third kappa shape index (κ3) is 4.09. The van der Waals surface area contributed by atoms with Gasteiger partial charge in [-0.25, -0.2) is 18.9 Å². The van der Waals surface area contributed by atoms with E-state index in [0.29, 0.717) is 16.4 Å². The highest BCUT2D eigenvalue weighted by Crippen LogP contribution is 2.30. The fraction of sp³-hybridized carbons (Fsp3) is 0.200. The summed E-state index contributed by atoms with van der Waals surface area (Å²) < 4.78 is 7.72. The van der Waals surface area contributed by atoms with Crippen molar-refractivity contribution in [2.45, 2.75) is 36.9 Å². The van der Waals surface area contributed by atoms with E-state index in [0.717, 1.165) is 15.1 Å². The molecule has 0 aliphatic rings. The van der Waals surface area contributed by atoms with Crippen LogP contribution >= 0.6 is 11.8 Å². The van der Waals surface area contributed by atoms with Crippen LogP contribution in [0.3, 0.4) is 0 Å². The van der Waals surface area contributed by atoms with Gasteiger partial charge in [-0.1, -0.05) is 29.5 Å². The van der Waals surface area contributed by atoms with Crippen molar-refractivity contribution in [2.24, 2.45) is 0 Å². The molecule has 0 saturated heterocycles. The number of benzene rings is 1. The molecule has 29 heavy (non-hydrogen) atoms. The van der Waals surface area contributed by atoms with Gasteiger partial charge in [-0.3, -0.25) is 4.79 Å². The first-order valence-corrected chi connectivity index (χ1v) is 9.81. The van der Waals surface area contributed by atoms with Gasteiger partial charge in [-0.05, 0) is 37.6 Å². The molecule has 0 saturated carbocycles. The van der Waals surface area contributed by atoms with Crippen LogP contribution in [0, 0.1) is 13.8 Å². The Hall–Kier alpha value is -3.33. The number of hydrogen-bond acceptors (Lipinski definition) is 6. The standard InChI is InChI=1S/C20H19N5O3S/c1-13-5-6-16(14(2)10-13)29-19-18-23-25(20(27)24(18)8-7-21-19)12-17(26)22-11-15-4-3-9-28-15/h3-10H,11-12H2,1-2H3,(H,22,26). The number of fused-ring (bicyclic) bond motifs is 1. The van der Waals surface area contributed by atoms with Crippen LogP contribution in [0.15, 0.2) is 68.1 Å². The maximum atomic E-state index is 12.6. The summed E-state index contributed by atoms with van der Waals surface area (Å²) in [7, 11) is 0. The smallest absolute Gasteiger partial charge is 0.350 e. The van der Waals surface area contributed by atoms with E-state index in [2.05, 4.69) is 21.5 Å². The molecule has 0 aliphatic carbocycles. The number of rotatable bonds is 6. The summed E-state index contributed by atoms with van der Waals surface area (Å²) in [6.07, 6.45) is 4.65. The topological polar surface area (TPSA) is 94.4 Å². The molecule has 0 radical (unpaired) electrons. The van der Waals surface area contributed by atoms with Crippen molar-refractivity contribution in [1.82, 2.24) is 24.5 Å². The third-order valence-electron chi connectivity index (χ3n) is 4.34. The fourth-order valence-electron chi connectivity index (χ4n) is 2.91. The maximum Gasteiger partial charge on any atom is 0.350 e. The van der Waals surface area contributed by atoms with E-state index >= 15 is 0 Å². The van der Waals surface area contributed by atoms with Crippen molar-refractivity contribution in [1.29, 1.82) is 0 Å². The third-order valence-corrected chi connectivity index (χ3v) is 5.50. The van der Waals surface area contributed by atoms with Gasteiger partial charge in [0.05, 0.1) is 12.8 Å². The zero-order chi connectivity index (χ0) is 20.4. The highest BCUT2D eigenvalue weighted by atomic mass is 32.2. The van der Waals surface area contributed by atoms with E-state index in [4.69, 9.17) is 4.42 Å². The number of aromatic nitrogens is 4. The van der Waals surface area contributed by atoms with Crippen molar-refractivity contribution < 1.29 is 9.21 Å². The van der Waals surface area contributed by atoms with Crippen molar-refractivity contribution in [3.05, 3.63) is 76.4 Å². The SMILES string of the molecule is Cc1ccc(Sc2nccn3c(=O)n(CC(=O)NCc4ccco4)nc23)c(C)c1. The predicted molar refractivity (Wildman–Crippen MR) is 108 cm³/mol. The molecule has 4 aromatic rings. The lowest BCUT2D eigenvalue weighted by atomic mass is 10.2. The molecule has 0 unspecified atom stereocenters. The van der Waals surface area contributed by atoms with Crippen LogP contribution in [0.4, 0.5) is 0 Å². The first kappa shape index (κ1) is 19.0. The van der Waals surface area contributed by atoms with Crippen LogP contribution in [0.2, 0.25) is 0 Å². The summed E-state index contributed by atoms with van der Waals surface area (Å²) in [5.41, 5.74) is 2.33. The van der Waals surface area contributed by atoms with Crippen molar-refractivity contribution >= 4 is 23.3 Å². The number of carbonyl (C=O) groups is 1. The second kappa shape index (κ2) is 7.96. The number of amides is 1. The monoisotopic (exact) mass is 409 g/mol. The lowest BCUT2D eigenvalue weighted by Crippen LogP contribution is -2.32. The minimum atomic E-state index is -0.391. The van der Waals surface area contributed by atoms with Crippen LogP contribution in [0.1, 0.15) is 16.9 Å². The molecular formula is C20H19N5O3S. The van der Waals surface area contributed by atoms with E-state index in [1.54, 1.807) is 24.5 Å². The van der Waals surface area contributed by atoms with Gasteiger partial charge < -0.3 is 9.73 Å². The van der Waals surface area contributed by atoms with Crippen LogP contribution in [0.5, 0.6) is 0 Å². The van der Waals surface area contributed by atoms with Crippen LogP contribution in [-0.4, -0.2) is 25.1 Å². The lowest BCUT2D eigenvalue weighted by Gasteiger charge is -2.06. The second-order valence-corrected chi connectivity index (χ2v) is 7.62. The van der Waals surface area contributed by atoms with E-state index in [1.807, 2.05) is 26.0 Å². The molecule has 0 spiro atoms. The van der Waals surface area contributed by atoms with Gasteiger partial charge >= 0.3 is 5.69 Å². The van der Waals surface area contributed by atoms with Gasteiger partial charge in [-0.2, -0.15) is 0 Å². The molecule has 148 valence electrons. The number of nitrogens with zero attached hydrogens (tertiary/aromatic N) is 4. The van der Waals surface area contributed by atoms with E-state index in [1.165, 1.54) is 28.0 Å². The fourth-order valence-corrected chi connectivity index (χ4v) is 3.82. The van der Waals surface area contributed by atoms with Crippen molar-refractivity contribution in [3.8, 4) is 0 Å². The van der Waals surface area contributed by atoms with Crippen LogP contribution in [-0.2, 0) is 17.9 Å². The van der Waals surface area contributed by atoms with E-state index in [9.17, 15) is 9.59 Å². The Morgan fingerprint density at radius 2 is 2.14 bits per heavy atom. The summed E-state index contributed by atoms with van der Waals surface area (Å²) >= 11 is 1.44. The maximum absolute atomic E-state index is 12.6. The summed E-state index contributed by atoms with van der Waals surface area (Å²) in [6.45, 7) is 4.14. The molecule has 1 N–H and O–H groups in total. The molecule has 1 aromatic carbocycles. The zero-order valence-corrected chi connectivity index (χ0v) is 16.8. The van der Waals surface area contributed by atoms with E-state index < -0.39 is 5.69 Å². The molecule has 9 heteroatoms. The molecule has 1 amide bonds. The Balaban J connectivity index is 1.57. The Bertz CT molecular complexity index is 1230. The number of carbonyl (C=O) groups excluding carboxylic acids is 1. The second-order valence-electron chi connectivity index (χ2n) is 6.59. The predicted octanol–water partition coefficient (Wildman–Crippen LogP) is 2.57. The Kier molecular flexibility index (Phi) is 5.22. The molecule has 0 aliphatic heterocycles. The molecule has 3 aromatic heterocycles. The zero-order valence-electron chi connectivity index (χ0n) is 16.0. The minimum Gasteiger partial charge on any atom is -0.467 e. The molecule has 3 heterocycles. The van der Waals surface area contributed by atoms with Gasteiger partial charge in [0, 0.05) is 17.3 Å². The van der Waals surface area contributed by atoms with Crippen molar-refractivity contribution in [3.63, 3.8) is 0 Å². The van der Waals surface area contributed by atoms with Crippen LogP contribution < -0.4 is 11.0 Å². The quantitative estimate of drug-likeness (QED) is 0.526. The molecular weight excluding hydrogens is 390 g/mol. The Labute approximate surface area is 170 Å². The van der Waals surface area contributed by atoms with E-state index in [-0.39, 0.29) is 19.0 Å². The number of nitrogens with one attached hydrogen (secondary N) is 1. The number of furan rings is 1. The normalized spacial score (nSPS) is 11.1. The Morgan fingerprint density at radius 3 is 2.90 bits per heavy atom. The average Bonchev–Trinajstić information content (AvgIpc) is 3.32. The van der Waals surface area contributed by atoms with Gasteiger partial charge in [0.2, 0.25) is 5.91 Å². The summed E-state index contributed by atoms with van der Waals surface area (Å²) in [5, 5.41) is 7.65.